The van der Waals surface area contributed by atoms with Crippen molar-refractivity contribution in [3.8, 4) is 0 Å². The van der Waals surface area contributed by atoms with E-state index in [0.717, 1.165) is 10.9 Å². The van der Waals surface area contributed by atoms with Crippen LogP contribution in [0.5, 0.6) is 0 Å². The van der Waals surface area contributed by atoms with Gasteiger partial charge in [0.2, 0.25) is 0 Å². The molecule has 0 spiro atoms. The van der Waals surface area contributed by atoms with Crippen molar-refractivity contribution < 1.29 is 4.79 Å². The van der Waals surface area contributed by atoms with Crippen LogP contribution in [0.25, 0.3) is 10.9 Å². The maximum atomic E-state index is 12.0. The molecule has 2 rings (SSSR count). The Morgan fingerprint density at radius 1 is 1.41 bits per heavy atom. The maximum absolute atomic E-state index is 12.0. The standard InChI is InChI=1S/C13H13ClN2O/c1-3-16(2)13(17)9-4-5-10-11(14)6-7-15-12(10)8-9/h4-8H,3H2,1-2H3. The number of rotatable bonds is 2. The lowest BCUT2D eigenvalue weighted by molar-refractivity contribution is 0.0802. The van der Waals surface area contributed by atoms with Crippen LogP contribution < -0.4 is 0 Å². The van der Waals surface area contributed by atoms with Crippen molar-refractivity contribution in [3.63, 3.8) is 0 Å². The smallest absolute Gasteiger partial charge is 0.253 e. The minimum Gasteiger partial charge on any atom is -0.342 e. The number of carbonyl (C=O) groups is 1. The highest BCUT2D eigenvalue weighted by Gasteiger charge is 2.11. The molecule has 0 aliphatic carbocycles. The molecular formula is C13H13ClN2O. The summed E-state index contributed by atoms with van der Waals surface area (Å²) in [4.78, 5) is 17.8. The second-order valence-corrected chi connectivity index (χ2v) is 4.25. The van der Waals surface area contributed by atoms with Crippen molar-refractivity contribution in [1.29, 1.82) is 0 Å². The quantitative estimate of drug-likeness (QED) is 0.819. The van der Waals surface area contributed by atoms with E-state index in [0.29, 0.717) is 17.1 Å². The van der Waals surface area contributed by atoms with E-state index in [9.17, 15) is 4.79 Å². The van der Waals surface area contributed by atoms with Crippen LogP contribution in [0.3, 0.4) is 0 Å². The Bertz CT molecular complexity index is 568. The third-order valence-electron chi connectivity index (χ3n) is 2.76. The average Bonchev–Trinajstić information content (AvgIpc) is 2.37. The fraction of sp³-hybridized carbons (Fsp3) is 0.231. The third kappa shape index (κ3) is 2.24. The van der Waals surface area contributed by atoms with Crippen molar-refractivity contribution in [2.45, 2.75) is 6.92 Å². The van der Waals surface area contributed by atoms with Crippen LogP contribution in [0, 0.1) is 0 Å². The molecule has 0 unspecified atom stereocenters. The zero-order valence-corrected chi connectivity index (χ0v) is 10.5. The summed E-state index contributed by atoms with van der Waals surface area (Å²) >= 11 is 6.04. The largest absolute Gasteiger partial charge is 0.342 e. The first kappa shape index (κ1) is 11.9. The van der Waals surface area contributed by atoms with E-state index in [-0.39, 0.29) is 5.91 Å². The molecule has 1 heterocycles. The van der Waals surface area contributed by atoms with Crippen LogP contribution in [0.1, 0.15) is 17.3 Å². The number of halogens is 1. The Balaban J connectivity index is 2.49. The monoisotopic (exact) mass is 248 g/mol. The molecule has 0 radical (unpaired) electrons. The Kier molecular flexibility index (Phi) is 3.29. The Labute approximate surface area is 105 Å². The van der Waals surface area contributed by atoms with Crippen LogP contribution in [-0.4, -0.2) is 29.4 Å². The van der Waals surface area contributed by atoms with Crippen molar-refractivity contribution in [2.24, 2.45) is 0 Å². The van der Waals surface area contributed by atoms with Crippen molar-refractivity contribution >= 4 is 28.4 Å². The number of aromatic nitrogens is 1. The SMILES string of the molecule is CCN(C)C(=O)c1ccc2c(Cl)ccnc2c1. The molecule has 0 bridgehead atoms. The number of hydrogen-bond acceptors (Lipinski definition) is 2. The van der Waals surface area contributed by atoms with Gasteiger partial charge < -0.3 is 4.90 Å². The van der Waals surface area contributed by atoms with Crippen LogP contribution in [0.2, 0.25) is 5.02 Å². The van der Waals surface area contributed by atoms with Gasteiger partial charge in [-0.1, -0.05) is 17.7 Å². The van der Waals surface area contributed by atoms with E-state index in [1.54, 1.807) is 36.3 Å². The molecule has 0 fully saturated rings. The van der Waals surface area contributed by atoms with Gasteiger partial charge in [0.1, 0.15) is 0 Å². The van der Waals surface area contributed by atoms with E-state index < -0.39 is 0 Å². The molecule has 88 valence electrons. The van der Waals surface area contributed by atoms with E-state index in [1.165, 1.54) is 0 Å². The number of nitrogens with zero attached hydrogens (tertiary/aromatic N) is 2. The number of benzene rings is 1. The van der Waals surface area contributed by atoms with Crippen LogP contribution in [-0.2, 0) is 0 Å². The third-order valence-corrected chi connectivity index (χ3v) is 3.09. The summed E-state index contributed by atoms with van der Waals surface area (Å²) in [6, 6.07) is 7.13. The number of hydrogen-bond donors (Lipinski definition) is 0. The molecule has 0 saturated heterocycles. The van der Waals surface area contributed by atoms with Gasteiger partial charge in [0.25, 0.3) is 5.91 Å². The molecule has 1 amide bonds. The molecule has 0 saturated carbocycles. The summed E-state index contributed by atoms with van der Waals surface area (Å²) in [5.41, 5.74) is 1.38. The van der Waals surface area contributed by atoms with E-state index >= 15 is 0 Å². The molecule has 4 heteroatoms. The van der Waals surface area contributed by atoms with Gasteiger partial charge in [0, 0.05) is 30.7 Å². The summed E-state index contributed by atoms with van der Waals surface area (Å²) < 4.78 is 0. The van der Waals surface area contributed by atoms with E-state index in [1.807, 2.05) is 13.0 Å². The van der Waals surface area contributed by atoms with Gasteiger partial charge in [-0.3, -0.25) is 9.78 Å². The highest BCUT2D eigenvalue weighted by atomic mass is 35.5. The van der Waals surface area contributed by atoms with Crippen LogP contribution in [0.15, 0.2) is 30.5 Å². The summed E-state index contributed by atoms with van der Waals surface area (Å²) in [5.74, 6) is -0.00354. The molecule has 2 aromatic rings. The lowest BCUT2D eigenvalue weighted by Crippen LogP contribution is -2.26. The molecular weight excluding hydrogens is 236 g/mol. The average molecular weight is 249 g/mol. The highest BCUT2D eigenvalue weighted by molar-refractivity contribution is 6.35. The molecule has 0 aliphatic rings. The summed E-state index contributed by atoms with van der Waals surface area (Å²) in [7, 11) is 1.78. The van der Waals surface area contributed by atoms with E-state index in [2.05, 4.69) is 4.98 Å². The Hall–Kier alpha value is -1.61. The Morgan fingerprint density at radius 3 is 2.88 bits per heavy atom. The van der Waals surface area contributed by atoms with Gasteiger partial charge in [-0.15, -0.1) is 0 Å². The number of amides is 1. The van der Waals surface area contributed by atoms with Crippen LogP contribution >= 0.6 is 11.6 Å². The van der Waals surface area contributed by atoms with Gasteiger partial charge in [-0.05, 0) is 25.1 Å². The molecule has 1 aromatic heterocycles. The van der Waals surface area contributed by atoms with Gasteiger partial charge in [-0.2, -0.15) is 0 Å². The second kappa shape index (κ2) is 4.72. The van der Waals surface area contributed by atoms with Gasteiger partial charge in [0.15, 0.2) is 0 Å². The number of pyridine rings is 1. The molecule has 3 nitrogen and oxygen atoms in total. The topological polar surface area (TPSA) is 33.2 Å². The Morgan fingerprint density at radius 2 is 2.18 bits per heavy atom. The summed E-state index contributed by atoms with van der Waals surface area (Å²) in [6.07, 6.45) is 1.64. The van der Waals surface area contributed by atoms with Crippen molar-refractivity contribution in [1.82, 2.24) is 9.88 Å². The lowest BCUT2D eigenvalue weighted by Gasteiger charge is -2.14. The van der Waals surface area contributed by atoms with Gasteiger partial charge >= 0.3 is 0 Å². The number of fused-ring (bicyclic) bond motifs is 1. The highest BCUT2D eigenvalue weighted by Crippen LogP contribution is 2.22. The summed E-state index contributed by atoms with van der Waals surface area (Å²) in [5, 5.41) is 1.52. The molecule has 17 heavy (non-hydrogen) atoms. The first-order valence-electron chi connectivity index (χ1n) is 5.43. The zero-order chi connectivity index (χ0) is 12.4. The minimum atomic E-state index is -0.00354. The fourth-order valence-corrected chi connectivity index (χ4v) is 1.83. The first-order chi connectivity index (χ1) is 8.13. The predicted molar refractivity (Wildman–Crippen MR) is 69.4 cm³/mol. The summed E-state index contributed by atoms with van der Waals surface area (Å²) in [6.45, 7) is 2.62. The normalized spacial score (nSPS) is 10.5. The minimum absolute atomic E-state index is 0.00354. The van der Waals surface area contributed by atoms with Crippen LogP contribution in [0.4, 0.5) is 0 Å². The van der Waals surface area contributed by atoms with Crippen molar-refractivity contribution in [3.05, 3.63) is 41.0 Å². The predicted octanol–water partition coefficient (Wildman–Crippen LogP) is 2.98. The maximum Gasteiger partial charge on any atom is 0.253 e. The lowest BCUT2D eigenvalue weighted by atomic mass is 10.1. The number of carbonyl (C=O) groups excluding carboxylic acids is 1. The molecule has 0 N–H and O–H groups in total. The first-order valence-corrected chi connectivity index (χ1v) is 5.81. The second-order valence-electron chi connectivity index (χ2n) is 3.84. The fourth-order valence-electron chi connectivity index (χ4n) is 1.61. The van der Waals surface area contributed by atoms with E-state index in [4.69, 9.17) is 11.6 Å². The van der Waals surface area contributed by atoms with Crippen molar-refractivity contribution in [2.75, 3.05) is 13.6 Å². The molecule has 0 aliphatic heterocycles. The molecule has 0 atom stereocenters. The van der Waals surface area contributed by atoms with Gasteiger partial charge in [0.05, 0.1) is 10.5 Å². The van der Waals surface area contributed by atoms with Gasteiger partial charge in [-0.25, -0.2) is 0 Å². The molecule has 1 aromatic carbocycles. The zero-order valence-electron chi connectivity index (χ0n) is 9.77.